The van der Waals surface area contributed by atoms with Gasteiger partial charge in [0.1, 0.15) is 24.4 Å². The Bertz CT molecular complexity index is 392. The summed E-state index contributed by atoms with van der Waals surface area (Å²) in [7, 11) is 0. The highest BCUT2D eigenvalue weighted by Gasteiger charge is 2.55. The van der Waals surface area contributed by atoms with E-state index in [1.54, 1.807) is 12.2 Å². The van der Waals surface area contributed by atoms with Gasteiger partial charge in [0.05, 0.1) is 13.2 Å². The minimum Gasteiger partial charge on any atom is -0.349 e. The Hall–Kier alpha value is -0.470. The summed E-state index contributed by atoms with van der Waals surface area (Å²) < 4.78 is 34.4. The first-order chi connectivity index (χ1) is 10.3. The second-order valence-corrected chi connectivity index (χ2v) is 5.32. The van der Waals surface area contributed by atoms with E-state index in [-0.39, 0.29) is 24.4 Å². The minimum atomic E-state index is -0.563. The van der Waals surface area contributed by atoms with E-state index in [0.29, 0.717) is 19.1 Å². The van der Waals surface area contributed by atoms with E-state index in [1.807, 2.05) is 0 Å². The van der Waals surface area contributed by atoms with Crippen LogP contribution in [0.15, 0.2) is 25.3 Å². The molecule has 0 aromatic carbocycles. The van der Waals surface area contributed by atoms with Gasteiger partial charge < -0.3 is 28.4 Å². The van der Waals surface area contributed by atoms with Crippen LogP contribution in [-0.4, -0.2) is 62.4 Å². The molecule has 0 radical (unpaired) electrons. The van der Waals surface area contributed by atoms with E-state index >= 15 is 0 Å². The number of rotatable bonds is 5. The van der Waals surface area contributed by atoms with Crippen molar-refractivity contribution in [3.05, 3.63) is 25.3 Å². The van der Waals surface area contributed by atoms with Crippen LogP contribution in [0.2, 0.25) is 0 Å². The lowest BCUT2D eigenvalue weighted by Crippen LogP contribution is -2.62. The Morgan fingerprint density at radius 1 is 1.00 bits per heavy atom. The van der Waals surface area contributed by atoms with Gasteiger partial charge in [-0.15, -0.1) is 11.6 Å². The zero-order valence-electron chi connectivity index (χ0n) is 11.6. The summed E-state index contributed by atoms with van der Waals surface area (Å²) in [5.41, 5.74) is 0. The van der Waals surface area contributed by atoms with Crippen molar-refractivity contribution in [3.63, 3.8) is 0 Å². The number of ether oxygens (including phenoxy) is 6. The fraction of sp³-hybridized carbons (Fsp3) is 0.714. The van der Waals surface area contributed by atoms with Gasteiger partial charge in [-0.2, -0.15) is 0 Å². The first-order valence-electron chi connectivity index (χ1n) is 6.93. The van der Waals surface area contributed by atoms with Crippen LogP contribution >= 0.6 is 11.6 Å². The van der Waals surface area contributed by atoms with Crippen LogP contribution in [0.1, 0.15) is 0 Å². The van der Waals surface area contributed by atoms with Gasteiger partial charge in [0, 0.05) is 5.88 Å². The molecule has 0 amide bonds. The molecule has 7 heteroatoms. The predicted octanol–water partition coefficient (Wildman–Crippen LogP) is 1.19. The molecule has 21 heavy (non-hydrogen) atoms. The zero-order valence-corrected chi connectivity index (χ0v) is 12.3. The normalized spacial score (nSPS) is 45.7. The van der Waals surface area contributed by atoms with Crippen molar-refractivity contribution in [1.82, 2.24) is 0 Å². The first-order valence-corrected chi connectivity index (χ1v) is 7.46. The molecule has 0 N–H and O–H groups in total. The van der Waals surface area contributed by atoms with Gasteiger partial charge in [0.2, 0.25) is 0 Å². The van der Waals surface area contributed by atoms with Crippen LogP contribution in [0.4, 0.5) is 0 Å². The van der Waals surface area contributed by atoms with Crippen LogP contribution in [0.25, 0.3) is 0 Å². The number of fused-ring (bicyclic) bond motifs is 3. The number of halogens is 1. The van der Waals surface area contributed by atoms with Gasteiger partial charge >= 0.3 is 0 Å². The van der Waals surface area contributed by atoms with E-state index in [4.69, 9.17) is 40.0 Å². The van der Waals surface area contributed by atoms with Crippen molar-refractivity contribution in [2.45, 2.75) is 43.3 Å². The van der Waals surface area contributed by atoms with Crippen LogP contribution in [0.5, 0.6) is 0 Å². The number of alkyl halides is 1. The average Bonchev–Trinajstić information content (AvgIpc) is 2.97. The van der Waals surface area contributed by atoms with Crippen LogP contribution in [0.3, 0.4) is 0 Å². The molecule has 118 valence electrons. The summed E-state index contributed by atoms with van der Waals surface area (Å²) in [5, 5.41) is 0. The molecule has 3 heterocycles. The quantitative estimate of drug-likeness (QED) is 0.561. The van der Waals surface area contributed by atoms with E-state index in [9.17, 15) is 0 Å². The molecule has 3 saturated heterocycles. The van der Waals surface area contributed by atoms with Crippen molar-refractivity contribution in [2.75, 3.05) is 19.1 Å². The third-order valence-corrected chi connectivity index (χ3v) is 3.79. The Balaban J connectivity index is 1.76. The maximum atomic E-state index is 5.89. The first kappa shape index (κ1) is 15.4. The molecular weight excluding hydrogens is 300 g/mol. The molecule has 0 aromatic rings. The molecule has 0 saturated carbocycles. The summed E-state index contributed by atoms with van der Waals surface area (Å²) in [6.07, 6.45) is 0.382. The molecule has 7 atom stereocenters. The average molecular weight is 319 g/mol. The topological polar surface area (TPSA) is 55.4 Å². The number of hydrogen-bond acceptors (Lipinski definition) is 6. The summed E-state index contributed by atoms with van der Waals surface area (Å²) in [6.45, 7) is 8.11. The summed E-state index contributed by atoms with van der Waals surface area (Å²) in [6, 6.07) is 0. The van der Waals surface area contributed by atoms with Gasteiger partial charge in [-0.1, -0.05) is 13.2 Å². The third kappa shape index (κ3) is 3.03. The van der Waals surface area contributed by atoms with Gasteiger partial charge in [-0.3, -0.25) is 0 Å². The molecular formula is C14H19ClO6. The Kier molecular flexibility index (Phi) is 4.96. The van der Waals surface area contributed by atoms with Crippen molar-refractivity contribution in [2.24, 2.45) is 0 Å². The maximum Gasteiger partial charge on any atom is 0.187 e. The smallest absolute Gasteiger partial charge is 0.187 e. The lowest BCUT2D eigenvalue weighted by molar-refractivity contribution is -0.334. The lowest BCUT2D eigenvalue weighted by Gasteiger charge is -2.45. The van der Waals surface area contributed by atoms with Crippen LogP contribution in [0, 0.1) is 0 Å². The third-order valence-electron chi connectivity index (χ3n) is 3.63. The van der Waals surface area contributed by atoms with Gasteiger partial charge in [-0.05, 0) is 12.2 Å². The molecule has 6 nitrogen and oxygen atoms in total. The fourth-order valence-electron chi connectivity index (χ4n) is 2.73. The minimum absolute atomic E-state index is 0.282. The van der Waals surface area contributed by atoms with Crippen LogP contribution < -0.4 is 0 Å². The number of hydrogen-bond donors (Lipinski definition) is 0. The van der Waals surface area contributed by atoms with Gasteiger partial charge in [0.25, 0.3) is 0 Å². The van der Waals surface area contributed by atoms with E-state index in [1.165, 1.54) is 0 Å². The second kappa shape index (κ2) is 6.75. The Labute approximate surface area is 128 Å². The standard InChI is InChI=1S/C14H19ClO6/c1-3-9-17-7-8-11(19-9)12-13(21-10(4-2)20-12)14(18-8)16-6-5-15/h3-4,8-14H,1-2,5-7H2/t8-,9+,10-,11-,12+,13+,14+/m1/s1. The summed E-state index contributed by atoms with van der Waals surface area (Å²) in [4.78, 5) is 0. The monoisotopic (exact) mass is 318 g/mol. The molecule has 0 aromatic heterocycles. The molecule has 3 rings (SSSR count). The van der Waals surface area contributed by atoms with Crippen molar-refractivity contribution in [1.29, 1.82) is 0 Å². The zero-order chi connectivity index (χ0) is 14.8. The van der Waals surface area contributed by atoms with E-state index in [2.05, 4.69) is 13.2 Å². The summed E-state index contributed by atoms with van der Waals surface area (Å²) in [5.74, 6) is 0.378. The second-order valence-electron chi connectivity index (χ2n) is 4.95. The summed E-state index contributed by atoms with van der Waals surface area (Å²) >= 11 is 5.67. The highest BCUT2D eigenvalue weighted by molar-refractivity contribution is 6.17. The van der Waals surface area contributed by atoms with E-state index < -0.39 is 18.9 Å². The Morgan fingerprint density at radius 3 is 2.43 bits per heavy atom. The SMILES string of the molecule is C=C[C@@H]1O[C@@H]2[C@H](O1)[C@@H](OCCCl)O[C@@H]1CO[C@H](C=C)O[C@@H]21. The van der Waals surface area contributed by atoms with Crippen molar-refractivity contribution in [3.8, 4) is 0 Å². The van der Waals surface area contributed by atoms with Crippen molar-refractivity contribution < 1.29 is 28.4 Å². The van der Waals surface area contributed by atoms with E-state index in [0.717, 1.165) is 0 Å². The largest absolute Gasteiger partial charge is 0.349 e. The molecule has 0 aliphatic carbocycles. The Morgan fingerprint density at radius 2 is 1.71 bits per heavy atom. The molecule has 0 bridgehead atoms. The lowest BCUT2D eigenvalue weighted by atomic mass is 9.98. The van der Waals surface area contributed by atoms with Crippen molar-refractivity contribution >= 4 is 11.6 Å². The molecule has 3 fully saturated rings. The van der Waals surface area contributed by atoms with Gasteiger partial charge in [0.15, 0.2) is 18.9 Å². The van der Waals surface area contributed by atoms with Crippen LogP contribution in [-0.2, 0) is 28.4 Å². The molecule has 0 spiro atoms. The highest BCUT2D eigenvalue weighted by Crippen LogP contribution is 2.37. The molecule has 3 aliphatic rings. The maximum absolute atomic E-state index is 5.89. The molecule has 0 unspecified atom stereocenters. The molecule has 3 aliphatic heterocycles. The fourth-order valence-corrected chi connectivity index (χ4v) is 2.82. The van der Waals surface area contributed by atoms with Gasteiger partial charge in [-0.25, -0.2) is 0 Å². The predicted molar refractivity (Wildman–Crippen MR) is 73.9 cm³/mol. The highest BCUT2D eigenvalue weighted by atomic mass is 35.5.